The summed E-state index contributed by atoms with van der Waals surface area (Å²) in [6, 6.07) is 26.7. The highest BCUT2D eigenvalue weighted by Gasteiger charge is 2.32. The van der Waals surface area contributed by atoms with E-state index in [4.69, 9.17) is 0 Å². The number of ketones is 1. The van der Waals surface area contributed by atoms with E-state index >= 15 is 0 Å². The summed E-state index contributed by atoms with van der Waals surface area (Å²) in [6.07, 6.45) is 0. The first kappa shape index (κ1) is 12.3. The first-order chi connectivity index (χ1) is 10.4. The molecule has 0 atom stereocenters. The van der Waals surface area contributed by atoms with Crippen LogP contribution in [0.25, 0.3) is 0 Å². The van der Waals surface area contributed by atoms with Crippen molar-refractivity contribution < 1.29 is 4.79 Å². The topological polar surface area (TPSA) is 17.1 Å². The first-order valence-corrected chi connectivity index (χ1v) is 8.52. The quantitative estimate of drug-likeness (QED) is 0.487. The Morgan fingerprint density at radius 1 is 0.571 bits per heavy atom. The normalized spacial score (nSPS) is 13.6. The van der Waals surface area contributed by atoms with Gasteiger partial charge in [-0.25, -0.2) is 0 Å². The van der Waals surface area contributed by atoms with Crippen molar-refractivity contribution in [1.82, 2.24) is 0 Å². The number of carbonyl (C=O) groups excluding carboxylic acids is 1. The van der Waals surface area contributed by atoms with E-state index < -0.39 is 8.80 Å². The van der Waals surface area contributed by atoms with Crippen molar-refractivity contribution in [2.75, 3.05) is 0 Å². The highest BCUT2D eigenvalue weighted by atomic mass is 28.3. The molecule has 99 valence electrons. The molecule has 0 amide bonds. The Hall–Kier alpha value is -2.45. The van der Waals surface area contributed by atoms with Crippen LogP contribution in [0.5, 0.6) is 0 Å². The second-order valence-electron chi connectivity index (χ2n) is 5.16. The lowest BCUT2D eigenvalue weighted by Crippen LogP contribution is -2.58. The van der Waals surface area contributed by atoms with Crippen LogP contribution >= 0.6 is 0 Å². The van der Waals surface area contributed by atoms with Gasteiger partial charge in [0.2, 0.25) is 0 Å². The minimum Gasteiger partial charge on any atom is -0.289 e. The van der Waals surface area contributed by atoms with E-state index in [0.717, 1.165) is 11.1 Å². The van der Waals surface area contributed by atoms with Crippen LogP contribution in [0.15, 0.2) is 78.9 Å². The summed E-state index contributed by atoms with van der Waals surface area (Å²) in [6.45, 7) is 0. The lowest BCUT2D eigenvalue weighted by molar-refractivity contribution is 0.104. The predicted molar refractivity (Wildman–Crippen MR) is 87.4 cm³/mol. The summed E-state index contributed by atoms with van der Waals surface area (Å²) < 4.78 is 0. The Labute approximate surface area is 125 Å². The standard InChI is InChI=1S/C19H13OSi/c20-19-15-10-4-6-12-17(15)21(14-8-2-1-3-9-14)18-13-7-5-11-16(18)19/h1-13H. The van der Waals surface area contributed by atoms with Crippen LogP contribution in [-0.2, 0) is 0 Å². The van der Waals surface area contributed by atoms with E-state index in [1.165, 1.54) is 15.6 Å². The molecule has 0 fully saturated rings. The van der Waals surface area contributed by atoms with E-state index in [0.29, 0.717) is 0 Å². The minimum absolute atomic E-state index is 0.158. The molecule has 0 bridgehead atoms. The zero-order chi connectivity index (χ0) is 14.2. The van der Waals surface area contributed by atoms with E-state index in [1.54, 1.807) is 0 Å². The smallest absolute Gasteiger partial charge is 0.192 e. The Morgan fingerprint density at radius 3 is 1.62 bits per heavy atom. The highest BCUT2D eigenvalue weighted by Crippen LogP contribution is 2.14. The molecule has 3 aromatic rings. The molecule has 0 unspecified atom stereocenters. The molecule has 0 aliphatic carbocycles. The molecule has 4 rings (SSSR count). The molecule has 1 heterocycles. The van der Waals surface area contributed by atoms with E-state index in [9.17, 15) is 4.79 Å². The van der Waals surface area contributed by atoms with Crippen molar-refractivity contribution in [3.8, 4) is 0 Å². The van der Waals surface area contributed by atoms with Gasteiger partial charge in [-0.1, -0.05) is 84.0 Å². The van der Waals surface area contributed by atoms with Crippen molar-refractivity contribution in [3.63, 3.8) is 0 Å². The molecule has 1 nitrogen and oxygen atoms in total. The summed E-state index contributed by atoms with van der Waals surface area (Å²) in [4.78, 5) is 12.7. The fourth-order valence-corrected chi connectivity index (χ4v) is 5.90. The number of carbonyl (C=O) groups is 1. The largest absolute Gasteiger partial charge is 0.289 e. The van der Waals surface area contributed by atoms with Crippen molar-refractivity contribution in [1.29, 1.82) is 0 Å². The van der Waals surface area contributed by atoms with Crippen LogP contribution in [0.4, 0.5) is 0 Å². The van der Waals surface area contributed by atoms with Gasteiger partial charge in [0.15, 0.2) is 14.6 Å². The fourth-order valence-electron chi connectivity index (χ4n) is 3.00. The van der Waals surface area contributed by atoms with Gasteiger partial charge in [0.25, 0.3) is 0 Å². The molecule has 1 aliphatic heterocycles. The maximum absolute atomic E-state index is 12.7. The van der Waals surface area contributed by atoms with Gasteiger partial charge in [-0.15, -0.1) is 0 Å². The average Bonchev–Trinajstić information content (AvgIpc) is 2.56. The maximum atomic E-state index is 12.7. The monoisotopic (exact) mass is 285 g/mol. The minimum atomic E-state index is -1.09. The molecular weight excluding hydrogens is 272 g/mol. The molecule has 0 saturated carbocycles. The number of benzene rings is 3. The lowest BCUT2D eigenvalue weighted by Gasteiger charge is -2.26. The fraction of sp³-hybridized carbons (Fsp3) is 0. The Balaban J connectivity index is 2.03. The highest BCUT2D eigenvalue weighted by molar-refractivity contribution is 6.97. The molecule has 0 N–H and O–H groups in total. The van der Waals surface area contributed by atoms with Gasteiger partial charge < -0.3 is 0 Å². The number of fused-ring (bicyclic) bond motifs is 2. The zero-order valence-corrected chi connectivity index (χ0v) is 12.4. The summed E-state index contributed by atoms with van der Waals surface area (Å²) in [5.41, 5.74) is 1.74. The maximum Gasteiger partial charge on any atom is 0.192 e. The van der Waals surface area contributed by atoms with Gasteiger partial charge in [0.1, 0.15) is 0 Å². The molecule has 0 saturated heterocycles. The van der Waals surface area contributed by atoms with Crippen molar-refractivity contribution >= 4 is 30.1 Å². The van der Waals surface area contributed by atoms with Gasteiger partial charge in [-0.2, -0.15) is 0 Å². The Kier molecular flexibility index (Phi) is 2.83. The van der Waals surface area contributed by atoms with Gasteiger partial charge in [0, 0.05) is 11.1 Å². The van der Waals surface area contributed by atoms with Crippen LogP contribution in [0, 0.1) is 0 Å². The Bertz CT molecular complexity index is 774. The van der Waals surface area contributed by atoms with Crippen molar-refractivity contribution in [2.45, 2.75) is 0 Å². The summed E-state index contributed by atoms with van der Waals surface area (Å²) in [5, 5.41) is 3.74. The van der Waals surface area contributed by atoms with Crippen LogP contribution < -0.4 is 15.6 Å². The van der Waals surface area contributed by atoms with E-state index in [2.05, 4.69) is 36.4 Å². The van der Waals surface area contributed by atoms with E-state index in [-0.39, 0.29) is 5.78 Å². The molecule has 0 spiro atoms. The summed E-state index contributed by atoms with van der Waals surface area (Å²) >= 11 is 0. The van der Waals surface area contributed by atoms with Crippen molar-refractivity contribution in [2.24, 2.45) is 0 Å². The third kappa shape index (κ3) is 1.88. The molecule has 1 radical (unpaired) electrons. The van der Waals surface area contributed by atoms with E-state index in [1.807, 2.05) is 42.5 Å². The molecule has 2 heteroatoms. The van der Waals surface area contributed by atoms with Crippen LogP contribution in [0.2, 0.25) is 0 Å². The van der Waals surface area contributed by atoms with Crippen LogP contribution in [-0.4, -0.2) is 14.6 Å². The van der Waals surface area contributed by atoms with Crippen LogP contribution in [0.1, 0.15) is 15.9 Å². The zero-order valence-electron chi connectivity index (χ0n) is 11.4. The average molecular weight is 285 g/mol. The number of hydrogen-bond acceptors (Lipinski definition) is 1. The second-order valence-corrected chi connectivity index (χ2v) is 7.57. The third-order valence-electron chi connectivity index (χ3n) is 3.94. The van der Waals surface area contributed by atoms with Crippen molar-refractivity contribution in [3.05, 3.63) is 90.0 Å². The predicted octanol–water partition coefficient (Wildman–Crippen LogP) is 1.75. The molecule has 1 aliphatic rings. The molecular formula is C19H13OSi. The Morgan fingerprint density at radius 2 is 1.05 bits per heavy atom. The second kappa shape index (κ2) is 4.83. The molecule has 0 aromatic heterocycles. The van der Waals surface area contributed by atoms with Gasteiger partial charge >= 0.3 is 0 Å². The third-order valence-corrected chi connectivity index (χ3v) is 6.80. The summed E-state index contributed by atoms with van der Waals surface area (Å²) in [5.74, 6) is 0.158. The SMILES string of the molecule is O=C1c2ccccc2[Si](c2ccccc2)c2ccccc21. The van der Waals surface area contributed by atoms with Gasteiger partial charge in [-0.3, -0.25) is 4.79 Å². The lowest BCUT2D eigenvalue weighted by atomic mass is 10.0. The van der Waals surface area contributed by atoms with Gasteiger partial charge in [-0.05, 0) is 10.4 Å². The number of rotatable bonds is 1. The summed E-state index contributed by atoms with van der Waals surface area (Å²) in [7, 11) is -1.09. The number of hydrogen-bond donors (Lipinski definition) is 0. The molecule has 21 heavy (non-hydrogen) atoms. The first-order valence-electron chi connectivity index (χ1n) is 7.02. The molecule has 3 aromatic carbocycles. The van der Waals surface area contributed by atoms with Gasteiger partial charge in [0.05, 0.1) is 0 Å². The van der Waals surface area contributed by atoms with Crippen LogP contribution in [0.3, 0.4) is 0 Å².